The first kappa shape index (κ1) is 34.9. The number of halogens is 4. The number of carbonyl (C=O) groups excluding carboxylic acids is 1. The number of hydrogen-bond donors (Lipinski definition) is 1. The Bertz CT molecular complexity index is 2210. The highest BCUT2D eigenvalue weighted by Crippen LogP contribution is 2.53. The van der Waals surface area contributed by atoms with Crippen LogP contribution in [0.3, 0.4) is 0 Å². The lowest BCUT2D eigenvalue weighted by Gasteiger charge is -2.39. The highest BCUT2D eigenvalue weighted by atomic mass is 32.2. The first-order chi connectivity index (χ1) is 25.0. The van der Waals surface area contributed by atoms with Gasteiger partial charge in [-0.05, 0) is 36.6 Å². The lowest BCUT2D eigenvalue weighted by atomic mass is 9.92. The normalized spacial score (nSPS) is 20.0. The van der Waals surface area contributed by atoms with Crippen LogP contribution < -0.4 is 15.9 Å². The van der Waals surface area contributed by atoms with Gasteiger partial charge < -0.3 is 15.1 Å². The van der Waals surface area contributed by atoms with Crippen molar-refractivity contribution >= 4 is 60.8 Å². The summed E-state index contributed by atoms with van der Waals surface area (Å²) in [6.07, 6.45) is -1.19. The number of nitrogens with zero attached hydrogens (tertiary/aromatic N) is 7. The third-order valence-electron chi connectivity index (χ3n) is 10.6. The number of anilines is 2. The van der Waals surface area contributed by atoms with Crippen LogP contribution in [0.4, 0.5) is 28.4 Å². The molecule has 5 heterocycles. The molecule has 0 spiro atoms. The van der Waals surface area contributed by atoms with Crippen molar-refractivity contribution < 1.29 is 22.4 Å². The number of alkyl halides is 3. The van der Waals surface area contributed by atoms with Gasteiger partial charge in [0.25, 0.3) is 0 Å². The number of nitrogens with one attached hydrogen (secondary N) is 1. The van der Waals surface area contributed by atoms with E-state index in [1.165, 1.54) is 36.7 Å². The van der Waals surface area contributed by atoms with Crippen LogP contribution in [0.2, 0.25) is 0 Å². The van der Waals surface area contributed by atoms with Crippen molar-refractivity contribution in [1.29, 1.82) is 5.26 Å². The molecule has 1 amide bonds. The molecule has 2 aromatic heterocycles. The highest BCUT2D eigenvalue weighted by molar-refractivity contribution is 7.99. The Morgan fingerprint density at radius 3 is 2.50 bits per heavy atom. The van der Waals surface area contributed by atoms with Gasteiger partial charge in [0.2, 0.25) is 5.91 Å². The second-order valence-electron chi connectivity index (χ2n) is 13.6. The van der Waals surface area contributed by atoms with Crippen molar-refractivity contribution in [3.05, 3.63) is 58.3 Å². The van der Waals surface area contributed by atoms with Crippen LogP contribution in [0.1, 0.15) is 30.0 Å². The molecule has 0 bridgehead atoms. The number of thioether (sulfide) groups is 1. The molecule has 0 radical (unpaired) electrons. The molecule has 3 aliphatic heterocycles. The Morgan fingerprint density at radius 2 is 1.87 bits per heavy atom. The maximum absolute atomic E-state index is 15.4. The van der Waals surface area contributed by atoms with Crippen molar-refractivity contribution in [3.8, 4) is 17.2 Å². The summed E-state index contributed by atoms with van der Waals surface area (Å²) in [5, 5.41) is 13.7. The van der Waals surface area contributed by atoms with E-state index in [1.54, 1.807) is 21.4 Å². The second kappa shape index (κ2) is 13.4. The number of hydrogen-bond acceptors (Lipinski definition) is 10. The second-order valence-corrected chi connectivity index (χ2v) is 15.7. The number of aromatic nitrogens is 2. The lowest BCUT2D eigenvalue weighted by molar-refractivity contribution is -0.137. The average molecular weight is 753 g/mol. The fourth-order valence-corrected chi connectivity index (χ4v) is 10.3. The van der Waals surface area contributed by atoms with Crippen molar-refractivity contribution in [2.24, 2.45) is 0 Å². The smallest absolute Gasteiger partial charge is 0.379 e. The number of fused-ring (bicyclic) bond motifs is 1. The van der Waals surface area contributed by atoms with Crippen molar-refractivity contribution in [2.75, 3.05) is 81.9 Å². The van der Waals surface area contributed by atoms with Crippen molar-refractivity contribution in [3.63, 3.8) is 0 Å². The van der Waals surface area contributed by atoms with Gasteiger partial charge in [0.15, 0.2) is 0 Å². The minimum absolute atomic E-state index is 0.0567. The van der Waals surface area contributed by atoms with Crippen LogP contribution in [-0.4, -0.2) is 108 Å². The zero-order valence-corrected chi connectivity index (χ0v) is 30.1. The van der Waals surface area contributed by atoms with Gasteiger partial charge in [-0.1, -0.05) is 12.6 Å². The number of amides is 1. The third kappa shape index (κ3) is 5.91. The summed E-state index contributed by atoms with van der Waals surface area (Å²) in [5.74, 6) is -0.433. The molecule has 2 saturated heterocycles. The first-order valence-corrected chi connectivity index (χ1v) is 19.1. The van der Waals surface area contributed by atoms with E-state index in [2.05, 4.69) is 32.7 Å². The number of piperazine rings is 2. The van der Waals surface area contributed by atoms with Crippen molar-refractivity contribution in [2.45, 2.75) is 36.0 Å². The van der Waals surface area contributed by atoms with E-state index in [-0.39, 0.29) is 81.0 Å². The summed E-state index contributed by atoms with van der Waals surface area (Å²) in [4.78, 5) is 39.5. The number of benzene rings is 2. The van der Waals surface area contributed by atoms with Crippen LogP contribution >= 0.6 is 23.1 Å². The van der Waals surface area contributed by atoms with E-state index in [1.807, 2.05) is 0 Å². The maximum Gasteiger partial charge on any atom is 0.417 e. The molecular formula is C36H36F4N8O2S2. The topological polar surface area (TPSA) is 101 Å². The van der Waals surface area contributed by atoms with Crippen LogP contribution in [0.25, 0.3) is 32.1 Å². The Labute approximate surface area is 305 Å². The Hall–Kier alpha value is -4.17. The average Bonchev–Trinajstić information content (AvgIpc) is 3.92. The zero-order valence-electron chi connectivity index (χ0n) is 28.4. The molecule has 1 unspecified atom stereocenters. The Morgan fingerprint density at radius 1 is 1.13 bits per heavy atom. The van der Waals surface area contributed by atoms with Crippen LogP contribution in [0.5, 0.6) is 0 Å². The summed E-state index contributed by atoms with van der Waals surface area (Å²) >= 11 is 2.23. The molecule has 4 aromatic rings. The van der Waals surface area contributed by atoms with Gasteiger partial charge in [-0.15, -0.1) is 23.1 Å². The molecule has 2 aromatic carbocycles. The monoisotopic (exact) mass is 752 g/mol. The summed E-state index contributed by atoms with van der Waals surface area (Å²) < 4.78 is 63.2. The molecular weight excluding hydrogens is 717 g/mol. The molecule has 272 valence electrons. The molecule has 16 heteroatoms. The van der Waals surface area contributed by atoms with Crippen molar-refractivity contribution in [1.82, 2.24) is 24.3 Å². The molecule has 52 heavy (non-hydrogen) atoms. The third-order valence-corrected chi connectivity index (χ3v) is 13.1. The predicted octanol–water partition coefficient (Wildman–Crippen LogP) is 5.61. The van der Waals surface area contributed by atoms with E-state index in [0.29, 0.717) is 28.9 Å². The number of thiophene rings is 1. The van der Waals surface area contributed by atoms with Crippen LogP contribution in [-0.2, 0) is 11.0 Å². The molecule has 1 atom stereocenters. The summed E-state index contributed by atoms with van der Waals surface area (Å²) in [6, 6.07) is 5.89. The number of carbonyl (C=O) groups is 1. The minimum atomic E-state index is -4.86. The molecule has 3 fully saturated rings. The van der Waals surface area contributed by atoms with Gasteiger partial charge in [-0.2, -0.15) is 23.4 Å². The van der Waals surface area contributed by atoms with Gasteiger partial charge in [-0.25, -0.2) is 9.18 Å². The van der Waals surface area contributed by atoms with E-state index >= 15 is 17.6 Å². The van der Waals surface area contributed by atoms with E-state index in [4.69, 9.17) is 0 Å². The summed E-state index contributed by atoms with van der Waals surface area (Å²) in [5.41, 5.74) is -1.22. The Kier molecular flexibility index (Phi) is 8.96. The first-order valence-electron chi connectivity index (χ1n) is 17.3. The zero-order chi connectivity index (χ0) is 36.5. The molecule has 4 aliphatic rings. The molecule has 10 nitrogen and oxygen atoms in total. The summed E-state index contributed by atoms with van der Waals surface area (Å²) in [7, 11) is 1.58. The SMILES string of the molecule is C=CC(=O)N1CCN(c2nc(=O)n3c4c(c(-c5ccc(F)c6sc(NC)c(C#N)c56)c(C(F)(F)F)cc24)SCC3CN2CCN(C3CC3)CC2)CC1. The fourth-order valence-electron chi connectivity index (χ4n) is 7.94. The van der Waals surface area contributed by atoms with Crippen LogP contribution in [0, 0.1) is 17.1 Å². The molecule has 1 N–H and O–H groups in total. The molecule has 8 rings (SSSR count). The largest absolute Gasteiger partial charge is 0.417 e. The van der Waals surface area contributed by atoms with Gasteiger partial charge in [0, 0.05) is 99.0 Å². The number of rotatable bonds is 7. The molecule has 1 saturated carbocycles. The van der Waals surface area contributed by atoms with E-state index in [0.717, 1.165) is 49.6 Å². The Balaban J connectivity index is 1.34. The quantitative estimate of drug-likeness (QED) is 0.191. The molecule has 1 aliphatic carbocycles. The van der Waals surface area contributed by atoms with Gasteiger partial charge >= 0.3 is 11.9 Å². The van der Waals surface area contributed by atoms with Crippen LogP contribution in [0.15, 0.2) is 40.5 Å². The van der Waals surface area contributed by atoms with Gasteiger partial charge in [-0.3, -0.25) is 19.2 Å². The number of nitriles is 1. The van der Waals surface area contributed by atoms with Gasteiger partial charge in [0.05, 0.1) is 27.4 Å². The van der Waals surface area contributed by atoms with E-state index in [9.17, 15) is 14.9 Å². The highest BCUT2D eigenvalue weighted by Gasteiger charge is 2.41. The predicted molar refractivity (Wildman–Crippen MR) is 196 cm³/mol. The lowest BCUT2D eigenvalue weighted by Crippen LogP contribution is -2.50. The maximum atomic E-state index is 15.4. The fraction of sp³-hybridized carbons (Fsp3) is 0.444. The van der Waals surface area contributed by atoms with Gasteiger partial charge in [0.1, 0.15) is 22.7 Å². The minimum Gasteiger partial charge on any atom is -0.379 e. The standard InChI is InChI=1S/C36H36F4N8O2S2/c1-3-27(49)46-12-14-47(15-13-46)33-23-16-25(36(38,39)40)29(22-6-7-26(37)31-28(22)24(17-41)34(42-2)52-31)32-30(23)48(35(50)43-33)21(19-51-32)18-44-8-10-45(11-9-44)20-4-5-20/h3,6-7,16,20-21,42H,1,4-5,8-15,18-19H2,2H3. The van der Waals surface area contributed by atoms with E-state index < -0.39 is 23.2 Å². The summed E-state index contributed by atoms with van der Waals surface area (Å²) in [6.45, 7) is 8.70.